The number of ether oxygens (including phenoxy) is 1. The fourth-order valence-electron chi connectivity index (χ4n) is 3.19. The molecule has 154 valence electrons. The number of nitrogens with zero attached hydrogens (tertiary/aromatic N) is 4. The van der Waals surface area contributed by atoms with Crippen molar-refractivity contribution in [3.63, 3.8) is 0 Å². The molecule has 30 heavy (non-hydrogen) atoms. The molecule has 0 spiro atoms. The van der Waals surface area contributed by atoms with Gasteiger partial charge in [-0.05, 0) is 43.1 Å². The van der Waals surface area contributed by atoms with E-state index in [4.69, 9.17) is 20.8 Å². The summed E-state index contributed by atoms with van der Waals surface area (Å²) in [6, 6.07) is 7.23. The Morgan fingerprint density at radius 2 is 2.23 bits per heavy atom. The highest BCUT2D eigenvalue weighted by atomic mass is 35.5. The van der Waals surface area contributed by atoms with Crippen LogP contribution in [0.15, 0.2) is 35.0 Å². The summed E-state index contributed by atoms with van der Waals surface area (Å²) in [5.74, 6) is 1.93. The van der Waals surface area contributed by atoms with E-state index >= 15 is 0 Å². The number of nitriles is 1. The van der Waals surface area contributed by atoms with Crippen molar-refractivity contribution in [2.75, 3.05) is 30.8 Å². The zero-order valence-electron chi connectivity index (χ0n) is 16.3. The van der Waals surface area contributed by atoms with E-state index in [1.54, 1.807) is 37.6 Å². The van der Waals surface area contributed by atoms with Gasteiger partial charge < -0.3 is 25.1 Å². The van der Waals surface area contributed by atoms with Crippen molar-refractivity contribution in [2.45, 2.75) is 18.9 Å². The first-order valence-corrected chi connectivity index (χ1v) is 9.89. The number of hydrogen-bond acceptors (Lipinski definition) is 9. The van der Waals surface area contributed by atoms with Crippen LogP contribution in [0.2, 0.25) is 5.22 Å². The fraction of sp³-hybridized carbons (Fsp3) is 0.300. The van der Waals surface area contributed by atoms with Crippen LogP contribution in [0.3, 0.4) is 0 Å². The second-order valence-corrected chi connectivity index (χ2v) is 7.08. The van der Waals surface area contributed by atoms with Gasteiger partial charge in [-0.1, -0.05) is 0 Å². The molecular formula is C20H20ClN7O2. The monoisotopic (exact) mass is 425 g/mol. The lowest BCUT2D eigenvalue weighted by atomic mass is 10.1. The Labute approximate surface area is 178 Å². The van der Waals surface area contributed by atoms with Crippen LogP contribution < -0.4 is 20.7 Å². The van der Waals surface area contributed by atoms with Crippen LogP contribution in [-0.2, 0) is 0 Å². The van der Waals surface area contributed by atoms with Crippen molar-refractivity contribution >= 4 is 29.1 Å². The third kappa shape index (κ3) is 4.45. The minimum absolute atomic E-state index is 0.00875. The van der Waals surface area contributed by atoms with Gasteiger partial charge in [0.1, 0.15) is 23.8 Å². The van der Waals surface area contributed by atoms with Gasteiger partial charge in [0.25, 0.3) is 0 Å². The number of piperidine rings is 1. The largest absolute Gasteiger partial charge is 0.486 e. The normalized spacial score (nSPS) is 16.0. The van der Waals surface area contributed by atoms with Gasteiger partial charge in [-0.25, -0.2) is 9.97 Å². The standard InChI is InChI=1S/C20H20ClN7O2/c1-23-19-14(16-4-5-18(21)30-16)11-26-20(28-19)27-12-7-17(15(8-22)25-9-12)29-13-3-2-6-24-10-13/h4-5,7,9,11,13,24H,2-3,6,10H2,1H3,(H2,23,26,27,28). The molecular weight excluding hydrogens is 406 g/mol. The molecule has 10 heteroatoms. The highest BCUT2D eigenvalue weighted by Gasteiger charge is 2.18. The molecule has 0 amide bonds. The van der Waals surface area contributed by atoms with Gasteiger partial charge in [-0.3, -0.25) is 0 Å². The van der Waals surface area contributed by atoms with Crippen LogP contribution in [0, 0.1) is 11.3 Å². The van der Waals surface area contributed by atoms with Crippen LogP contribution >= 0.6 is 11.6 Å². The van der Waals surface area contributed by atoms with E-state index in [-0.39, 0.29) is 11.8 Å². The maximum absolute atomic E-state index is 9.36. The highest BCUT2D eigenvalue weighted by molar-refractivity contribution is 6.29. The van der Waals surface area contributed by atoms with E-state index in [1.807, 2.05) is 0 Å². The summed E-state index contributed by atoms with van der Waals surface area (Å²) < 4.78 is 11.5. The summed E-state index contributed by atoms with van der Waals surface area (Å²) >= 11 is 5.87. The average molecular weight is 426 g/mol. The molecule has 9 nitrogen and oxygen atoms in total. The Hall–Kier alpha value is -3.35. The molecule has 4 rings (SSSR count). The molecule has 3 aromatic heterocycles. The molecule has 3 N–H and O–H groups in total. The van der Waals surface area contributed by atoms with Gasteiger partial charge in [-0.15, -0.1) is 0 Å². The smallest absolute Gasteiger partial charge is 0.229 e. The third-order valence-corrected chi connectivity index (χ3v) is 4.83. The maximum atomic E-state index is 9.36. The van der Waals surface area contributed by atoms with E-state index < -0.39 is 0 Å². The van der Waals surface area contributed by atoms with Crippen molar-refractivity contribution in [2.24, 2.45) is 0 Å². The zero-order valence-corrected chi connectivity index (χ0v) is 17.0. The van der Waals surface area contributed by atoms with Crippen molar-refractivity contribution in [3.8, 4) is 23.1 Å². The number of nitrogens with one attached hydrogen (secondary N) is 3. The molecule has 1 unspecified atom stereocenters. The molecule has 0 bridgehead atoms. The van der Waals surface area contributed by atoms with Crippen LogP contribution in [-0.4, -0.2) is 41.2 Å². The lowest BCUT2D eigenvalue weighted by Crippen LogP contribution is -2.37. The first kappa shape index (κ1) is 19.9. The van der Waals surface area contributed by atoms with Gasteiger partial charge in [0.05, 0.1) is 17.4 Å². The molecule has 1 atom stereocenters. The van der Waals surface area contributed by atoms with E-state index in [9.17, 15) is 5.26 Å². The quantitative estimate of drug-likeness (QED) is 0.544. The van der Waals surface area contributed by atoms with E-state index in [0.29, 0.717) is 39.7 Å². The second kappa shape index (κ2) is 8.98. The first-order chi connectivity index (χ1) is 14.7. The van der Waals surface area contributed by atoms with Crippen LogP contribution in [0.4, 0.5) is 17.5 Å². The molecule has 1 aliphatic heterocycles. The van der Waals surface area contributed by atoms with E-state index in [2.05, 4.69) is 37.0 Å². The molecule has 1 fully saturated rings. The zero-order chi connectivity index (χ0) is 20.9. The number of aromatic nitrogens is 3. The second-order valence-electron chi connectivity index (χ2n) is 6.70. The number of rotatable bonds is 6. The topological polar surface area (TPSA) is 121 Å². The van der Waals surface area contributed by atoms with Gasteiger partial charge in [0.15, 0.2) is 16.7 Å². The average Bonchev–Trinajstić information content (AvgIpc) is 3.20. The van der Waals surface area contributed by atoms with Crippen LogP contribution in [0.5, 0.6) is 5.75 Å². The molecule has 0 radical (unpaired) electrons. The minimum Gasteiger partial charge on any atom is -0.486 e. The van der Waals surface area contributed by atoms with Crippen LogP contribution in [0.25, 0.3) is 11.3 Å². The Morgan fingerprint density at radius 1 is 1.33 bits per heavy atom. The Bertz CT molecular complexity index is 1070. The molecule has 0 aromatic carbocycles. The Morgan fingerprint density at radius 3 is 2.93 bits per heavy atom. The van der Waals surface area contributed by atoms with Gasteiger partial charge in [0.2, 0.25) is 5.95 Å². The molecule has 1 saturated heterocycles. The van der Waals surface area contributed by atoms with Crippen molar-refractivity contribution in [3.05, 3.63) is 41.5 Å². The Balaban J connectivity index is 1.56. The third-order valence-electron chi connectivity index (χ3n) is 4.62. The summed E-state index contributed by atoms with van der Waals surface area (Å²) in [5.41, 5.74) is 1.54. The van der Waals surface area contributed by atoms with Gasteiger partial charge in [0, 0.05) is 25.9 Å². The predicted molar refractivity (Wildman–Crippen MR) is 113 cm³/mol. The summed E-state index contributed by atoms with van der Waals surface area (Å²) in [6.07, 6.45) is 5.16. The molecule has 4 heterocycles. The van der Waals surface area contributed by atoms with Crippen molar-refractivity contribution in [1.82, 2.24) is 20.3 Å². The van der Waals surface area contributed by atoms with Gasteiger partial charge >= 0.3 is 0 Å². The van der Waals surface area contributed by atoms with Crippen molar-refractivity contribution in [1.29, 1.82) is 5.26 Å². The number of hydrogen-bond donors (Lipinski definition) is 3. The summed E-state index contributed by atoms with van der Waals surface area (Å²) in [4.78, 5) is 13.0. The predicted octanol–water partition coefficient (Wildman–Crippen LogP) is 3.57. The summed E-state index contributed by atoms with van der Waals surface area (Å²) in [6.45, 7) is 1.73. The maximum Gasteiger partial charge on any atom is 0.229 e. The number of halogens is 1. The SMILES string of the molecule is CNc1nc(Nc2cnc(C#N)c(OC3CCCNC3)c2)ncc1-c1ccc(Cl)o1. The Kier molecular flexibility index (Phi) is 5.97. The fourth-order valence-corrected chi connectivity index (χ4v) is 3.33. The summed E-state index contributed by atoms with van der Waals surface area (Å²) in [5, 5.41) is 19.1. The van der Waals surface area contributed by atoms with Crippen LogP contribution in [0.1, 0.15) is 18.5 Å². The van der Waals surface area contributed by atoms with Crippen molar-refractivity contribution < 1.29 is 9.15 Å². The lowest BCUT2D eigenvalue weighted by molar-refractivity contribution is 0.166. The number of anilines is 3. The highest BCUT2D eigenvalue weighted by Crippen LogP contribution is 2.31. The van der Waals surface area contributed by atoms with Gasteiger partial charge in [-0.2, -0.15) is 10.2 Å². The minimum atomic E-state index is 0.00875. The number of pyridine rings is 1. The lowest BCUT2D eigenvalue weighted by Gasteiger charge is -2.24. The summed E-state index contributed by atoms with van der Waals surface area (Å²) in [7, 11) is 1.76. The molecule has 1 aliphatic rings. The molecule has 0 aliphatic carbocycles. The van der Waals surface area contributed by atoms with E-state index in [0.717, 1.165) is 25.9 Å². The number of furan rings is 1. The first-order valence-electron chi connectivity index (χ1n) is 9.51. The molecule has 3 aromatic rings. The van der Waals surface area contributed by atoms with E-state index in [1.165, 1.54) is 0 Å². The molecule has 0 saturated carbocycles.